The first-order chi connectivity index (χ1) is 12.5. The van der Waals surface area contributed by atoms with Crippen LogP contribution in [0.5, 0.6) is 0 Å². The van der Waals surface area contributed by atoms with E-state index in [9.17, 15) is 4.79 Å². The third-order valence-electron chi connectivity index (χ3n) is 3.41. The van der Waals surface area contributed by atoms with Crippen LogP contribution in [0.1, 0.15) is 6.92 Å². The maximum atomic E-state index is 12.3. The molecule has 0 aliphatic rings. The average Bonchev–Trinajstić information content (AvgIpc) is 2.98. The van der Waals surface area contributed by atoms with Crippen molar-refractivity contribution in [3.8, 4) is 11.4 Å². The summed E-state index contributed by atoms with van der Waals surface area (Å²) in [7, 11) is 0. The molecule has 0 saturated carbocycles. The number of carbonyl (C=O) groups is 1. The highest BCUT2D eigenvalue weighted by atomic mass is 79.9. The third kappa shape index (κ3) is 4.17. The maximum absolute atomic E-state index is 12.3. The van der Waals surface area contributed by atoms with Gasteiger partial charge in [0.15, 0.2) is 5.82 Å². The van der Waals surface area contributed by atoms with E-state index in [-0.39, 0.29) is 5.91 Å². The monoisotopic (exact) mass is 452 g/mol. The summed E-state index contributed by atoms with van der Waals surface area (Å²) in [5.41, 5.74) is 0.816. The number of thioether (sulfide) groups is 1. The lowest BCUT2D eigenvalue weighted by Gasteiger charge is -2.11. The maximum Gasteiger partial charge on any atom is 0.238 e. The number of nitrogens with one attached hydrogen (secondary N) is 1. The minimum Gasteiger partial charge on any atom is -0.335 e. The summed E-state index contributed by atoms with van der Waals surface area (Å²) in [6.07, 6.45) is 1.47. The second-order valence-corrected chi connectivity index (χ2v) is 7.87. The Balaban J connectivity index is 1.71. The van der Waals surface area contributed by atoms with Gasteiger partial charge in [0, 0.05) is 16.2 Å². The minimum atomic E-state index is -0.453. The van der Waals surface area contributed by atoms with E-state index < -0.39 is 5.25 Å². The number of hydrogen-bond donors (Lipinski definition) is 2. The smallest absolute Gasteiger partial charge is 0.238 e. The number of amides is 1. The third-order valence-corrected chi connectivity index (χ3v) is 5.38. The number of anilines is 1. The SMILES string of the molecule is CC(Sc1nnc(-c2ccccc2Br)n1N)C(=O)Nc1ccc(Cl)cn1. The van der Waals surface area contributed by atoms with Crippen molar-refractivity contribution >= 4 is 51.0 Å². The average molecular weight is 454 g/mol. The number of carbonyl (C=O) groups excluding carboxylic acids is 1. The van der Waals surface area contributed by atoms with Crippen molar-refractivity contribution < 1.29 is 4.79 Å². The lowest BCUT2D eigenvalue weighted by atomic mass is 10.2. The van der Waals surface area contributed by atoms with Crippen LogP contribution in [-0.4, -0.2) is 31.0 Å². The van der Waals surface area contributed by atoms with E-state index in [0.29, 0.717) is 21.8 Å². The van der Waals surface area contributed by atoms with Gasteiger partial charge < -0.3 is 11.2 Å². The number of hydrogen-bond acceptors (Lipinski definition) is 6. The van der Waals surface area contributed by atoms with Crippen LogP contribution < -0.4 is 11.2 Å². The largest absolute Gasteiger partial charge is 0.335 e. The van der Waals surface area contributed by atoms with E-state index in [4.69, 9.17) is 17.4 Å². The van der Waals surface area contributed by atoms with Gasteiger partial charge in [-0.1, -0.05) is 51.4 Å². The molecule has 134 valence electrons. The summed E-state index contributed by atoms with van der Waals surface area (Å²) >= 11 is 10.5. The first-order valence-corrected chi connectivity index (χ1v) is 9.55. The van der Waals surface area contributed by atoms with Crippen LogP contribution in [0.15, 0.2) is 52.2 Å². The summed E-state index contributed by atoms with van der Waals surface area (Å²) in [5.74, 6) is 6.82. The predicted octanol–water partition coefficient (Wildman–Crippen LogP) is 3.59. The summed E-state index contributed by atoms with van der Waals surface area (Å²) < 4.78 is 2.23. The molecule has 7 nitrogen and oxygen atoms in total. The molecule has 0 spiro atoms. The first kappa shape index (κ1) is 18.7. The topological polar surface area (TPSA) is 98.7 Å². The Bertz CT molecular complexity index is 933. The highest BCUT2D eigenvalue weighted by molar-refractivity contribution is 9.10. The van der Waals surface area contributed by atoms with Gasteiger partial charge in [-0.3, -0.25) is 4.79 Å². The van der Waals surface area contributed by atoms with Gasteiger partial charge in [0.1, 0.15) is 5.82 Å². The molecule has 2 aromatic heterocycles. The van der Waals surface area contributed by atoms with Crippen molar-refractivity contribution in [2.45, 2.75) is 17.3 Å². The molecule has 0 fully saturated rings. The number of nitrogens with zero attached hydrogens (tertiary/aromatic N) is 4. The molecular weight excluding hydrogens is 440 g/mol. The normalized spacial score (nSPS) is 12.0. The molecule has 1 unspecified atom stereocenters. The molecule has 3 aromatic rings. The van der Waals surface area contributed by atoms with Crippen molar-refractivity contribution in [1.82, 2.24) is 19.9 Å². The van der Waals surface area contributed by atoms with Crippen molar-refractivity contribution in [3.05, 3.63) is 52.1 Å². The molecule has 0 aliphatic heterocycles. The molecule has 0 aliphatic carbocycles. The Morgan fingerprint density at radius 1 is 1.31 bits per heavy atom. The lowest BCUT2D eigenvalue weighted by molar-refractivity contribution is -0.115. The predicted molar refractivity (Wildman–Crippen MR) is 107 cm³/mol. The number of nitrogen functional groups attached to an aromatic ring is 1. The molecule has 0 bridgehead atoms. The highest BCUT2D eigenvalue weighted by Gasteiger charge is 2.21. The zero-order valence-corrected chi connectivity index (χ0v) is 16.7. The van der Waals surface area contributed by atoms with Gasteiger partial charge >= 0.3 is 0 Å². The van der Waals surface area contributed by atoms with Crippen LogP contribution in [0.4, 0.5) is 5.82 Å². The van der Waals surface area contributed by atoms with Crippen LogP contribution >= 0.6 is 39.3 Å². The van der Waals surface area contributed by atoms with Crippen molar-refractivity contribution in [2.24, 2.45) is 0 Å². The van der Waals surface area contributed by atoms with Crippen LogP contribution in [0, 0.1) is 0 Å². The Morgan fingerprint density at radius 3 is 2.77 bits per heavy atom. The van der Waals surface area contributed by atoms with Gasteiger partial charge in [0.25, 0.3) is 0 Å². The highest BCUT2D eigenvalue weighted by Crippen LogP contribution is 2.29. The summed E-state index contributed by atoms with van der Waals surface area (Å²) in [5, 5.41) is 11.4. The van der Waals surface area contributed by atoms with E-state index in [1.807, 2.05) is 24.3 Å². The van der Waals surface area contributed by atoms with Gasteiger partial charge in [0.2, 0.25) is 11.1 Å². The Hall–Kier alpha value is -2.10. The van der Waals surface area contributed by atoms with Crippen LogP contribution in [-0.2, 0) is 4.79 Å². The fourth-order valence-electron chi connectivity index (χ4n) is 2.07. The number of aromatic nitrogens is 4. The van der Waals surface area contributed by atoms with Gasteiger partial charge in [0.05, 0.1) is 10.3 Å². The van der Waals surface area contributed by atoms with Crippen molar-refractivity contribution in [1.29, 1.82) is 0 Å². The fraction of sp³-hybridized carbons (Fsp3) is 0.125. The Labute approximate surface area is 167 Å². The van der Waals surface area contributed by atoms with E-state index >= 15 is 0 Å². The molecule has 0 saturated heterocycles. The van der Waals surface area contributed by atoms with Gasteiger partial charge in [-0.05, 0) is 31.2 Å². The summed E-state index contributed by atoms with van der Waals surface area (Å²) in [6, 6.07) is 10.9. The number of benzene rings is 1. The number of pyridine rings is 1. The van der Waals surface area contributed by atoms with Crippen molar-refractivity contribution in [2.75, 3.05) is 11.2 Å². The quantitative estimate of drug-likeness (QED) is 0.452. The van der Waals surface area contributed by atoms with Gasteiger partial charge in [-0.25, -0.2) is 9.66 Å². The molecule has 1 aromatic carbocycles. The van der Waals surface area contributed by atoms with E-state index in [0.717, 1.165) is 10.0 Å². The molecule has 3 rings (SSSR count). The molecule has 26 heavy (non-hydrogen) atoms. The number of nitrogens with two attached hydrogens (primary N) is 1. The second kappa shape index (κ2) is 8.07. The zero-order valence-electron chi connectivity index (χ0n) is 13.6. The Morgan fingerprint density at radius 2 is 2.08 bits per heavy atom. The van der Waals surface area contributed by atoms with Gasteiger partial charge in [-0.15, -0.1) is 10.2 Å². The summed E-state index contributed by atoms with van der Waals surface area (Å²) in [4.78, 5) is 16.4. The van der Waals surface area contributed by atoms with Crippen molar-refractivity contribution in [3.63, 3.8) is 0 Å². The van der Waals surface area contributed by atoms with Crippen LogP contribution in [0.2, 0.25) is 5.02 Å². The minimum absolute atomic E-state index is 0.227. The fourth-order valence-corrected chi connectivity index (χ4v) is 3.42. The molecule has 0 radical (unpaired) electrons. The van der Waals surface area contributed by atoms with Crippen LogP contribution in [0.3, 0.4) is 0 Å². The standard InChI is InChI=1S/C16H14BrClN6OS/c1-9(15(25)21-13-7-6-10(18)8-20-13)26-16-23-22-14(24(16)19)11-4-2-3-5-12(11)17/h2-9H,19H2,1H3,(H,20,21,25). The molecule has 2 heterocycles. The lowest BCUT2D eigenvalue weighted by Crippen LogP contribution is -2.24. The molecule has 10 heteroatoms. The van der Waals surface area contributed by atoms with Gasteiger partial charge in [-0.2, -0.15) is 0 Å². The summed E-state index contributed by atoms with van der Waals surface area (Å²) in [6.45, 7) is 1.75. The molecular formula is C16H14BrClN6OS. The molecule has 3 N–H and O–H groups in total. The zero-order chi connectivity index (χ0) is 18.7. The first-order valence-electron chi connectivity index (χ1n) is 7.50. The molecule has 1 atom stereocenters. The number of rotatable bonds is 5. The van der Waals surface area contributed by atoms with E-state index in [1.165, 1.54) is 22.6 Å². The molecule has 1 amide bonds. The Kier molecular flexibility index (Phi) is 5.80. The second-order valence-electron chi connectivity index (χ2n) is 5.27. The van der Waals surface area contributed by atoms with Crippen LogP contribution in [0.25, 0.3) is 11.4 Å². The van der Waals surface area contributed by atoms with E-state index in [2.05, 4.69) is 36.4 Å². The van der Waals surface area contributed by atoms with E-state index in [1.54, 1.807) is 19.1 Å². The number of halogens is 2.